The van der Waals surface area contributed by atoms with E-state index in [1.54, 1.807) is 6.20 Å². The van der Waals surface area contributed by atoms with Gasteiger partial charge in [0.05, 0.1) is 36.1 Å². The fourth-order valence-corrected chi connectivity index (χ4v) is 5.20. The third-order valence-electron chi connectivity index (χ3n) is 6.66. The van der Waals surface area contributed by atoms with Gasteiger partial charge in [0.1, 0.15) is 0 Å². The molecule has 2 aliphatic heterocycles. The minimum Gasteiger partial charge on any atom is -0.370 e. The number of aromatic nitrogens is 3. The zero-order chi connectivity index (χ0) is 18.3. The Balaban J connectivity index is 1.44. The number of piperidine rings is 1. The van der Waals surface area contributed by atoms with Gasteiger partial charge in [0.2, 0.25) is 5.91 Å². The van der Waals surface area contributed by atoms with Gasteiger partial charge in [0, 0.05) is 13.1 Å². The second kappa shape index (κ2) is 6.75. The van der Waals surface area contributed by atoms with Crippen molar-refractivity contribution in [3.63, 3.8) is 0 Å². The van der Waals surface area contributed by atoms with Crippen molar-refractivity contribution >= 4 is 5.91 Å². The van der Waals surface area contributed by atoms with E-state index in [4.69, 9.17) is 4.74 Å². The largest absolute Gasteiger partial charge is 0.370 e. The first kappa shape index (κ1) is 16.9. The number of fused-ring (bicyclic) bond motifs is 3. The van der Waals surface area contributed by atoms with Gasteiger partial charge in [0.15, 0.2) is 0 Å². The van der Waals surface area contributed by atoms with Crippen molar-refractivity contribution in [1.82, 2.24) is 19.9 Å². The van der Waals surface area contributed by atoms with Gasteiger partial charge in [-0.1, -0.05) is 54.8 Å². The molecule has 1 saturated carbocycles. The number of rotatable bonds is 2. The average Bonchev–Trinajstić information content (AvgIpc) is 3.23. The minimum atomic E-state index is -0.368. The van der Waals surface area contributed by atoms with Crippen molar-refractivity contribution in [1.29, 1.82) is 0 Å². The van der Waals surface area contributed by atoms with Crippen LogP contribution in [0, 0.1) is 0 Å². The van der Waals surface area contributed by atoms with Gasteiger partial charge in [-0.15, -0.1) is 5.10 Å². The molecule has 0 N–H and O–H groups in total. The summed E-state index contributed by atoms with van der Waals surface area (Å²) >= 11 is 0. The molecule has 5 rings (SSSR count). The summed E-state index contributed by atoms with van der Waals surface area (Å²) in [5, 5.41) is 8.32. The number of benzene rings is 1. The Bertz CT molecular complexity index is 813. The van der Waals surface area contributed by atoms with Crippen LogP contribution in [-0.4, -0.2) is 45.0 Å². The molecule has 3 aliphatic rings. The maximum absolute atomic E-state index is 13.8. The van der Waals surface area contributed by atoms with Crippen LogP contribution in [0.3, 0.4) is 0 Å². The first-order valence-electron chi connectivity index (χ1n) is 10.1. The van der Waals surface area contributed by atoms with Crippen LogP contribution in [0.1, 0.15) is 55.8 Å². The third-order valence-corrected chi connectivity index (χ3v) is 6.66. The van der Waals surface area contributed by atoms with Gasteiger partial charge in [-0.05, 0) is 24.8 Å². The number of likely N-dealkylation sites (tertiary alicyclic amines) is 1. The lowest BCUT2D eigenvalue weighted by Gasteiger charge is -2.45. The van der Waals surface area contributed by atoms with E-state index in [-0.39, 0.29) is 17.6 Å². The molecular weight excluding hydrogens is 340 g/mol. The quantitative estimate of drug-likeness (QED) is 0.820. The maximum Gasteiger partial charge on any atom is 0.233 e. The van der Waals surface area contributed by atoms with Gasteiger partial charge in [-0.3, -0.25) is 4.79 Å². The highest BCUT2D eigenvalue weighted by molar-refractivity contribution is 5.88. The summed E-state index contributed by atoms with van der Waals surface area (Å²) in [5.41, 5.74) is 1.81. The lowest BCUT2D eigenvalue weighted by Crippen LogP contribution is -2.55. The van der Waals surface area contributed by atoms with E-state index >= 15 is 0 Å². The highest BCUT2D eigenvalue weighted by Gasteiger charge is 2.46. The lowest BCUT2D eigenvalue weighted by molar-refractivity contribution is -0.145. The van der Waals surface area contributed by atoms with Crippen LogP contribution in [0.5, 0.6) is 0 Å². The fraction of sp³-hybridized carbons (Fsp3) is 0.571. The third kappa shape index (κ3) is 2.78. The summed E-state index contributed by atoms with van der Waals surface area (Å²) in [6.45, 7) is 1.99. The molecule has 2 fully saturated rings. The minimum absolute atomic E-state index is 0.0744. The van der Waals surface area contributed by atoms with E-state index in [1.165, 1.54) is 12.0 Å². The summed E-state index contributed by atoms with van der Waals surface area (Å²) in [6.07, 6.45) is 8.12. The first-order chi connectivity index (χ1) is 13.3. The van der Waals surface area contributed by atoms with Crippen molar-refractivity contribution in [3.05, 3.63) is 47.8 Å². The topological polar surface area (TPSA) is 60.3 Å². The molecule has 142 valence electrons. The van der Waals surface area contributed by atoms with E-state index in [9.17, 15) is 4.79 Å². The van der Waals surface area contributed by atoms with Gasteiger partial charge in [-0.2, -0.15) is 0 Å². The number of carbonyl (C=O) groups excluding carboxylic acids is 1. The Hall–Kier alpha value is -2.21. The molecule has 27 heavy (non-hydrogen) atoms. The molecule has 1 amide bonds. The number of ether oxygens (including phenoxy) is 1. The fourth-order valence-electron chi connectivity index (χ4n) is 5.20. The molecular formula is C21H26N4O2. The number of nitrogens with zero attached hydrogens (tertiary/aromatic N) is 4. The molecule has 1 aliphatic carbocycles. The molecule has 1 aromatic carbocycles. The number of amides is 1. The van der Waals surface area contributed by atoms with Crippen molar-refractivity contribution in [3.8, 4) is 0 Å². The Morgan fingerprint density at radius 1 is 1.15 bits per heavy atom. The normalized spacial score (nSPS) is 26.9. The van der Waals surface area contributed by atoms with Crippen LogP contribution in [-0.2, 0) is 21.6 Å². The summed E-state index contributed by atoms with van der Waals surface area (Å²) in [5.74, 6) is 0.291. The van der Waals surface area contributed by atoms with E-state index in [2.05, 4.69) is 39.5 Å². The van der Waals surface area contributed by atoms with Gasteiger partial charge in [0.25, 0.3) is 0 Å². The molecule has 0 unspecified atom stereocenters. The zero-order valence-electron chi connectivity index (χ0n) is 15.6. The van der Waals surface area contributed by atoms with Crippen LogP contribution >= 0.6 is 0 Å². The number of carbonyl (C=O) groups is 1. The van der Waals surface area contributed by atoms with Crippen molar-refractivity contribution < 1.29 is 9.53 Å². The van der Waals surface area contributed by atoms with Crippen molar-refractivity contribution in [2.45, 2.75) is 62.7 Å². The van der Waals surface area contributed by atoms with Crippen LogP contribution in [0.25, 0.3) is 0 Å². The summed E-state index contributed by atoms with van der Waals surface area (Å²) in [4.78, 5) is 15.9. The average molecular weight is 366 g/mol. The molecule has 0 bridgehead atoms. The molecule has 0 radical (unpaired) electrons. The van der Waals surface area contributed by atoms with Gasteiger partial charge >= 0.3 is 0 Å². The summed E-state index contributed by atoms with van der Waals surface area (Å²) in [7, 11) is 0. The molecule has 6 nitrogen and oxygen atoms in total. The Morgan fingerprint density at radius 2 is 1.96 bits per heavy atom. The molecule has 2 aromatic rings. The SMILES string of the molecule is O=C(N1CC[C@H]2OCc3cnnn3[C@@H]2C1)C1(c2ccccc2)CCCCC1. The highest BCUT2D eigenvalue weighted by Crippen LogP contribution is 2.42. The highest BCUT2D eigenvalue weighted by atomic mass is 16.5. The van der Waals surface area contributed by atoms with E-state index in [1.807, 2.05) is 10.7 Å². The van der Waals surface area contributed by atoms with E-state index < -0.39 is 0 Å². The second-order valence-electron chi connectivity index (χ2n) is 8.14. The summed E-state index contributed by atoms with van der Waals surface area (Å²) in [6, 6.07) is 10.5. The molecule has 6 heteroatoms. The van der Waals surface area contributed by atoms with E-state index in [0.717, 1.165) is 44.3 Å². The number of hydrogen-bond acceptors (Lipinski definition) is 4. The van der Waals surface area contributed by atoms with Crippen LogP contribution in [0.4, 0.5) is 0 Å². The molecule has 2 atom stereocenters. The molecule has 0 spiro atoms. The van der Waals surface area contributed by atoms with Crippen molar-refractivity contribution in [2.24, 2.45) is 0 Å². The Morgan fingerprint density at radius 3 is 2.78 bits per heavy atom. The van der Waals surface area contributed by atoms with Crippen LogP contribution in [0.15, 0.2) is 36.5 Å². The maximum atomic E-state index is 13.8. The Kier molecular flexibility index (Phi) is 4.23. The second-order valence-corrected chi connectivity index (χ2v) is 8.14. The van der Waals surface area contributed by atoms with Gasteiger partial charge in [-0.25, -0.2) is 4.68 Å². The molecule has 3 heterocycles. The first-order valence-corrected chi connectivity index (χ1v) is 10.1. The zero-order valence-corrected chi connectivity index (χ0v) is 15.6. The molecule has 1 aromatic heterocycles. The van der Waals surface area contributed by atoms with Crippen LogP contribution < -0.4 is 0 Å². The monoisotopic (exact) mass is 366 g/mol. The van der Waals surface area contributed by atoms with E-state index in [0.29, 0.717) is 19.1 Å². The predicted molar refractivity (Wildman–Crippen MR) is 100 cm³/mol. The predicted octanol–water partition coefficient (Wildman–Crippen LogP) is 2.85. The standard InChI is InChI=1S/C21H26N4O2/c26-20(21(10-5-2-6-11-21)16-7-3-1-4-8-16)24-12-9-19-18(14-24)25-17(15-27-19)13-22-23-25/h1,3-4,7-8,13,18-19H,2,5-6,9-12,14-15H2/t18-,19-/m1/s1. The lowest BCUT2D eigenvalue weighted by atomic mass is 9.68. The van der Waals surface area contributed by atoms with Crippen LogP contribution in [0.2, 0.25) is 0 Å². The van der Waals surface area contributed by atoms with Gasteiger partial charge < -0.3 is 9.64 Å². The molecule has 1 saturated heterocycles. The Labute approximate surface area is 159 Å². The number of hydrogen-bond donors (Lipinski definition) is 0. The smallest absolute Gasteiger partial charge is 0.233 e. The van der Waals surface area contributed by atoms with Crippen molar-refractivity contribution in [2.75, 3.05) is 13.1 Å². The summed E-state index contributed by atoms with van der Waals surface area (Å²) < 4.78 is 7.99.